The molecule has 0 fully saturated rings. The second-order valence-electron chi connectivity index (χ2n) is 6.23. The Morgan fingerprint density at radius 2 is 2.07 bits per heavy atom. The zero-order chi connectivity index (χ0) is 20.4. The minimum absolute atomic E-state index is 0.286. The van der Waals surface area contributed by atoms with E-state index in [0.717, 1.165) is 11.4 Å². The van der Waals surface area contributed by atoms with Crippen molar-refractivity contribution in [2.24, 2.45) is 0 Å². The van der Waals surface area contributed by atoms with E-state index in [-0.39, 0.29) is 11.7 Å². The maximum Gasteiger partial charge on any atom is 0.439 e. The maximum atomic E-state index is 12.9. The Morgan fingerprint density at radius 3 is 2.79 bits per heavy atom. The summed E-state index contributed by atoms with van der Waals surface area (Å²) in [5.74, 6) is -0.648. The number of aromatic nitrogens is 4. The van der Waals surface area contributed by atoms with Crippen LogP contribution in [0.3, 0.4) is 0 Å². The van der Waals surface area contributed by atoms with Gasteiger partial charge in [-0.15, -0.1) is 0 Å². The molecule has 2 heterocycles. The number of rotatable bonds is 5. The summed E-state index contributed by atoms with van der Waals surface area (Å²) in [6.07, 6.45) is 2.14. The Kier molecular flexibility index (Phi) is 5.01. The van der Waals surface area contributed by atoms with E-state index in [2.05, 4.69) is 25.1 Å². The van der Waals surface area contributed by atoms with Gasteiger partial charge in [-0.1, -0.05) is 41.9 Å². The molecule has 0 spiro atoms. The summed E-state index contributed by atoms with van der Waals surface area (Å²) < 4.78 is 6.23. The topological polar surface area (TPSA) is 106 Å². The number of nitrogens with one attached hydrogen (secondary N) is 2. The summed E-state index contributed by atoms with van der Waals surface area (Å²) in [6, 6.07) is 14.2. The highest BCUT2D eigenvalue weighted by Crippen LogP contribution is 2.22. The standard InChI is InChI=1S/C20H16ClN5O3/c1-2-17-16(11-22-26(17)15-8-4-6-13(21)10-15)19(27)23-14-7-3-5-12(9-14)18-24-20(28)29-25-18/h3-11H,2H2,1H3,(H,23,27)(H,24,25,28). The summed E-state index contributed by atoms with van der Waals surface area (Å²) in [7, 11) is 0. The first-order valence-electron chi connectivity index (χ1n) is 8.86. The van der Waals surface area contributed by atoms with Crippen molar-refractivity contribution >= 4 is 23.2 Å². The number of nitrogens with zero attached hydrogens (tertiary/aromatic N) is 3. The van der Waals surface area contributed by atoms with Crippen LogP contribution in [0.5, 0.6) is 0 Å². The number of amides is 1. The maximum absolute atomic E-state index is 12.9. The largest absolute Gasteiger partial charge is 0.439 e. The van der Waals surface area contributed by atoms with Crippen molar-refractivity contribution in [1.82, 2.24) is 19.9 Å². The molecular formula is C20H16ClN5O3. The lowest BCUT2D eigenvalue weighted by Gasteiger charge is -2.09. The van der Waals surface area contributed by atoms with Crippen molar-refractivity contribution in [3.63, 3.8) is 0 Å². The monoisotopic (exact) mass is 409 g/mol. The van der Waals surface area contributed by atoms with Crippen LogP contribution >= 0.6 is 11.6 Å². The molecule has 0 atom stereocenters. The summed E-state index contributed by atoms with van der Waals surface area (Å²) >= 11 is 6.08. The van der Waals surface area contributed by atoms with E-state index >= 15 is 0 Å². The molecule has 0 saturated carbocycles. The van der Waals surface area contributed by atoms with E-state index in [1.165, 1.54) is 6.20 Å². The highest BCUT2D eigenvalue weighted by atomic mass is 35.5. The molecular weight excluding hydrogens is 394 g/mol. The van der Waals surface area contributed by atoms with E-state index in [1.54, 1.807) is 41.1 Å². The average molecular weight is 410 g/mol. The van der Waals surface area contributed by atoms with Crippen LogP contribution in [0.25, 0.3) is 17.1 Å². The Bertz CT molecular complexity index is 1240. The third-order valence-electron chi connectivity index (χ3n) is 4.34. The van der Waals surface area contributed by atoms with Crippen LogP contribution in [0.15, 0.2) is 64.0 Å². The van der Waals surface area contributed by atoms with Gasteiger partial charge in [-0.3, -0.25) is 14.3 Å². The Hall–Kier alpha value is -3.65. The molecule has 0 aliphatic rings. The van der Waals surface area contributed by atoms with Crippen LogP contribution < -0.4 is 11.1 Å². The molecule has 8 nitrogen and oxygen atoms in total. The Balaban J connectivity index is 1.62. The number of hydrogen-bond donors (Lipinski definition) is 2. The number of carbonyl (C=O) groups is 1. The molecule has 2 N–H and O–H groups in total. The normalized spacial score (nSPS) is 10.8. The zero-order valence-corrected chi connectivity index (χ0v) is 16.1. The number of anilines is 1. The molecule has 0 saturated heterocycles. The highest BCUT2D eigenvalue weighted by Gasteiger charge is 2.18. The second-order valence-corrected chi connectivity index (χ2v) is 6.67. The predicted molar refractivity (Wildman–Crippen MR) is 108 cm³/mol. The Labute approximate surface area is 170 Å². The van der Waals surface area contributed by atoms with E-state index in [0.29, 0.717) is 28.3 Å². The minimum atomic E-state index is -0.643. The van der Waals surface area contributed by atoms with Gasteiger partial charge in [0.2, 0.25) is 0 Å². The molecule has 2 aromatic heterocycles. The molecule has 1 amide bonds. The van der Waals surface area contributed by atoms with Gasteiger partial charge in [-0.05, 0) is 36.8 Å². The predicted octanol–water partition coefficient (Wildman–Crippen LogP) is 3.68. The summed E-state index contributed by atoms with van der Waals surface area (Å²) in [6.45, 7) is 1.95. The van der Waals surface area contributed by atoms with Crippen LogP contribution in [0.4, 0.5) is 5.69 Å². The van der Waals surface area contributed by atoms with Gasteiger partial charge in [0.15, 0.2) is 5.82 Å². The van der Waals surface area contributed by atoms with Gasteiger partial charge in [-0.2, -0.15) is 5.10 Å². The minimum Gasteiger partial charge on any atom is -0.322 e. The van der Waals surface area contributed by atoms with Crippen molar-refractivity contribution in [1.29, 1.82) is 0 Å². The fourth-order valence-electron chi connectivity index (χ4n) is 3.03. The van der Waals surface area contributed by atoms with Gasteiger partial charge in [0.25, 0.3) is 5.91 Å². The number of aromatic amines is 1. The van der Waals surface area contributed by atoms with Gasteiger partial charge in [0.1, 0.15) is 0 Å². The molecule has 4 rings (SSSR count). The molecule has 4 aromatic rings. The van der Waals surface area contributed by atoms with Crippen molar-refractivity contribution < 1.29 is 9.32 Å². The van der Waals surface area contributed by atoms with Crippen LogP contribution in [0, 0.1) is 0 Å². The molecule has 2 aromatic carbocycles. The van der Waals surface area contributed by atoms with Gasteiger partial charge >= 0.3 is 5.76 Å². The molecule has 9 heteroatoms. The first kappa shape index (κ1) is 18.7. The van der Waals surface area contributed by atoms with Crippen LogP contribution in [0.2, 0.25) is 5.02 Å². The fourth-order valence-corrected chi connectivity index (χ4v) is 3.22. The quantitative estimate of drug-likeness (QED) is 0.523. The van der Waals surface area contributed by atoms with Gasteiger partial charge in [0, 0.05) is 16.3 Å². The summed E-state index contributed by atoms with van der Waals surface area (Å²) in [5.41, 5.74) is 3.17. The van der Waals surface area contributed by atoms with Gasteiger partial charge < -0.3 is 5.32 Å². The lowest BCUT2D eigenvalue weighted by Crippen LogP contribution is -2.14. The number of halogens is 1. The molecule has 0 aliphatic carbocycles. The molecule has 146 valence electrons. The first-order chi connectivity index (χ1) is 14.0. The second kappa shape index (κ2) is 7.76. The average Bonchev–Trinajstić information content (AvgIpc) is 3.34. The fraction of sp³-hybridized carbons (Fsp3) is 0.100. The van der Waals surface area contributed by atoms with E-state index in [9.17, 15) is 9.59 Å². The number of carbonyl (C=O) groups excluding carboxylic acids is 1. The van der Waals surface area contributed by atoms with Crippen LogP contribution in [-0.4, -0.2) is 25.8 Å². The van der Waals surface area contributed by atoms with Crippen LogP contribution in [-0.2, 0) is 6.42 Å². The first-order valence-corrected chi connectivity index (χ1v) is 9.23. The van der Waals surface area contributed by atoms with Gasteiger partial charge in [0.05, 0.1) is 23.1 Å². The van der Waals surface area contributed by atoms with Crippen molar-refractivity contribution in [2.45, 2.75) is 13.3 Å². The molecule has 0 radical (unpaired) electrons. The number of H-pyrrole nitrogens is 1. The van der Waals surface area contributed by atoms with E-state index in [1.807, 2.05) is 19.1 Å². The third kappa shape index (κ3) is 3.83. The third-order valence-corrected chi connectivity index (χ3v) is 4.57. The SMILES string of the molecule is CCc1c(C(=O)Nc2cccc(-c3noc(=O)[nH]3)c2)cnn1-c1cccc(Cl)c1. The number of benzene rings is 2. The zero-order valence-electron chi connectivity index (χ0n) is 15.3. The smallest absolute Gasteiger partial charge is 0.322 e. The van der Waals surface area contributed by atoms with E-state index in [4.69, 9.17) is 11.6 Å². The molecule has 0 bridgehead atoms. The molecule has 0 aliphatic heterocycles. The van der Waals surface area contributed by atoms with Crippen molar-refractivity contribution in [2.75, 3.05) is 5.32 Å². The number of hydrogen-bond acceptors (Lipinski definition) is 5. The summed E-state index contributed by atoms with van der Waals surface area (Å²) in [5, 5.41) is 11.5. The lowest BCUT2D eigenvalue weighted by atomic mass is 10.1. The Morgan fingerprint density at radius 1 is 1.24 bits per heavy atom. The van der Waals surface area contributed by atoms with Gasteiger partial charge in [-0.25, -0.2) is 9.48 Å². The van der Waals surface area contributed by atoms with Crippen molar-refractivity contribution in [3.8, 4) is 17.1 Å². The molecule has 29 heavy (non-hydrogen) atoms. The summed E-state index contributed by atoms with van der Waals surface area (Å²) in [4.78, 5) is 26.5. The lowest BCUT2D eigenvalue weighted by molar-refractivity contribution is 0.102. The van der Waals surface area contributed by atoms with E-state index < -0.39 is 5.76 Å². The molecule has 0 unspecified atom stereocenters. The van der Waals surface area contributed by atoms with Crippen LogP contribution in [0.1, 0.15) is 23.0 Å². The van der Waals surface area contributed by atoms with Crippen molar-refractivity contribution in [3.05, 3.63) is 81.6 Å². The highest BCUT2D eigenvalue weighted by molar-refractivity contribution is 6.30.